The van der Waals surface area contributed by atoms with Crippen LogP contribution in [0.15, 0.2) is 41.8 Å². The van der Waals surface area contributed by atoms with Crippen LogP contribution < -0.4 is 0 Å². The lowest BCUT2D eigenvalue weighted by atomic mass is 10.1. The molecular formula is C17H17ClN2O2S. The van der Waals surface area contributed by atoms with Crippen LogP contribution in [-0.4, -0.2) is 54.2 Å². The fourth-order valence-corrected chi connectivity index (χ4v) is 3.48. The maximum Gasteiger partial charge on any atom is 0.253 e. The average molecular weight is 349 g/mol. The van der Waals surface area contributed by atoms with Gasteiger partial charge >= 0.3 is 0 Å². The molecule has 120 valence electrons. The van der Waals surface area contributed by atoms with Gasteiger partial charge in [-0.05, 0) is 29.6 Å². The lowest BCUT2D eigenvalue weighted by Gasteiger charge is -2.34. The second-order valence-electron chi connectivity index (χ2n) is 5.48. The Morgan fingerprint density at radius 3 is 2.52 bits per heavy atom. The van der Waals surface area contributed by atoms with Crippen LogP contribution in [0.3, 0.4) is 0 Å². The Morgan fingerprint density at radius 1 is 1.09 bits per heavy atom. The summed E-state index contributed by atoms with van der Waals surface area (Å²) in [6.07, 6.45) is 0. The maximum atomic E-state index is 12.5. The van der Waals surface area contributed by atoms with E-state index in [0.717, 1.165) is 4.88 Å². The van der Waals surface area contributed by atoms with Gasteiger partial charge in [0.1, 0.15) is 0 Å². The van der Waals surface area contributed by atoms with Gasteiger partial charge in [0.25, 0.3) is 5.91 Å². The SMILES string of the molecule is O=C(CN1CCN(C(=O)c2cccc(Cl)c2)CC1)c1cccs1. The van der Waals surface area contributed by atoms with Crippen molar-refractivity contribution in [2.24, 2.45) is 0 Å². The zero-order chi connectivity index (χ0) is 16.2. The molecule has 3 rings (SSSR count). The highest BCUT2D eigenvalue weighted by atomic mass is 35.5. The minimum absolute atomic E-state index is 0.00302. The largest absolute Gasteiger partial charge is 0.336 e. The van der Waals surface area contributed by atoms with E-state index >= 15 is 0 Å². The summed E-state index contributed by atoms with van der Waals surface area (Å²) >= 11 is 7.41. The van der Waals surface area contributed by atoms with Crippen LogP contribution in [0.4, 0.5) is 0 Å². The molecule has 0 saturated carbocycles. The zero-order valence-electron chi connectivity index (χ0n) is 12.6. The van der Waals surface area contributed by atoms with Crippen LogP contribution in [-0.2, 0) is 0 Å². The van der Waals surface area contributed by atoms with E-state index in [-0.39, 0.29) is 11.7 Å². The van der Waals surface area contributed by atoms with E-state index in [2.05, 4.69) is 4.90 Å². The molecule has 0 spiro atoms. The van der Waals surface area contributed by atoms with Gasteiger partial charge in [-0.3, -0.25) is 14.5 Å². The Balaban J connectivity index is 1.54. The summed E-state index contributed by atoms with van der Waals surface area (Å²) < 4.78 is 0. The summed E-state index contributed by atoms with van der Waals surface area (Å²) in [6.45, 7) is 3.10. The van der Waals surface area contributed by atoms with E-state index in [4.69, 9.17) is 11.6 Å². The van der Waals surface area contributed by atoms with Crippen molar-refractivity contribution < 1.29 is 9.59 Å². The van der Waals surface area contributed by atoms with Crippen molar-refractivity contribution in [3.63, 3.8) is 0 Å². The number of benzene rings is 1. The fraction of sp³-hybridized carbons (Fsp3) is 0.294. The highest BCUT2D eigenvalue weighted by molar-refractivity contribution is 7.12. The molecule has 0 atom stereocenters. The number of hydrogen-bond acceptors (Lipinski definition) is 4. The normalized spacial score (nSPS) is 15.6. The minimum Gasteiger partial charge on any atom is -0.336 e. The summed E-state index contributed by atoms with van der Waals surface area (Å²) in [5, 5.41) is 2.48. The minimum atomic E-state index is -0.00302. The third-order valence-corrected chi connectivity index (χ3v) is 5.04. The van der Waals surface area contributed by atoms with E-state index in [0.29, 0.717) is 43.3 Å². The molecule has 0 radical (unpaired) electrons. The van der Waals surface area contributed by atoms with E-state index < -0.39 is 0 Å². The molecule has 1 saturated heterocycles. The number of hydrogen-bond donors (Lipinski definition) is 0. The molecule has 6 heteroatoms. The van der Waals surface area contributed by atoms with Gasteiger partial charge in [0, 0.05) is 36.8 Å². The van der Waals surface area contributed by atoms with Crippen molar-refractivity contribution >= 4 is 34.6 Å². The van der Waals surface area contributed by atoms with Crippen molar-refractivity contribution in [3.05, 3.63) is 57.2 Å². The summed E-state index contributed by atoms with van der Waals surface area (Å²) in [6, 6.07) is 10.8. The number of nitrogens with zero attached hydrogens (tertiary/aromatic N) is 2. The van der Waals surface area contributed by atoms with E-state index in [1.807, 2.05) is 22.4 Å². The molecule has 2 aromatic rings. The Hall–Kier alpha value is -1.69. The van der Waals surface area contributed by atoms with E-state index in [1.165, 1.54) is 11.3 Å². The Morgan fingerprint density at radius 2 is 1.87 bits per heavy atom. The lowest BCUT2D eigenvalue weighted by molar-refractivity contribution is 0.0625. The molecule has 0 unspecified atom stereocenters. The van der Waals surface area contributed by atoms with Crippen molar-refractivity contribution in [3.8, 4) is 0 Å². The van der Waals surface area contributed by atoms with Crippen LogP contribution in [0.25, 0.3) is 0 Å². The summed E-state index contributed by atoms with van der Waals surface area (Å²) in [7, 11) is 0. The standard InChI is InChI=1S/C17H17ClN2O2S/c18-14-4-1-3-13(11-14)17(22)20-8-6-19(7-9-20)12-15(21)16-5-2-10-23-16/h1-5,10-11H,6-9,12H2. The first kappa shape index (κ1) is 16.2. The predicted octanol–water partition coefficient (Wildman–Crippen LogP) is 3.04. The highest BCUT2D eigenvalue weighted by Crippen LogP contribution is 2.15. The molecule has 1 aliphatic heterocycles. The van der Waals surface area contributed by atoms with Crippen molar-refractivity contribution in [2.75, 3.05) is 32.7 Å². The molecule has 1 aliphatic rings. The van der Waals surface area contributed by atoms with Gasteiger partial charge in [-0.25, -0.2) is 0 Å². The Bertz CT molecular complexity index is 694. The number of piperazine rings is 1. The molecule has 4 nitrogen and oxygen atoms in total. The van der Waals surface area contributed by atoms with Gasteiger partial charge in [-0.1, -0.05) is 23.7 Å². The van der Waals surface area contributed by atoms with Crippen molar-refractivity contribution in [1.82, 2.24) is 9.80 Å². The number of Topliss-reactive ketones (excluding diaryl/α,β-unsaturated/α-hetero) is 1. The monoisotopic (exact) mass is 348 g/mol. The fourth-order valence-electron chi connectivity index (χ4n) is 2.63. The number of thiophene rings is 1. The smallest absolute Gasteiger partial charge is 0.253 e. The van der Waals surface area contributed by atoms with Crippen LogP contribution in [0.2, 0.25) is 5.02 Å². The number of carbonyl (C=O) groups is 2. The van der Waals surface area contributed by atoms with E-state index in [1.54, 1.807) is 24.3 Å². The van der Waals surface area contributed by atoms with Gasteiger partial charge in [-0.2, -0.15) is 0 Å². The second kappa shape index (κ2) is 7.25. The average Bonchev–Trinajstić information content (AvgIpc) is 3.09. The summed E-state index contributed by atoms with van der Waals surface area (Å²) in [4.78, 5) is 29.3. The van der Waals surface area contributed by atoms with Gasteiger partial charge in [0.2, 0.25) is 0 Å². The molecule has 2 heterocycles. The zero-order valence-corrected chi connectivity index (χ0v) is 14.1. The summed E-state index contributed by atoms with van der Waals surface area (Å²) in [5.74, 6) is 0.145. The van der Waals surface area contributed by atoms with E-state index in [9.17, 15) is 9.59 Å². The van der Waals surface area contributed by atoms with Gasteiger partial charge in [-0.15, -0.1) is 11.3 Å². The maximum absolute atomic E-state index is 12.5. The molecule has 1 fully saturated rings. The second-order valence-corrected chi connectivity index (χ2v) is 6.86. The van der Waals surface area contributed by atoms with Crippen molar-refractivity contribution in [2.45, 2.75) is 0 Å². The first-order valence-electron chi connectivity index (χ1n) is 7.47. The molecule has 0 bridgehead atoms. The van der Waals surface area contributed by atoms with Crippen LogP contribution in [0, 0.1) is 0 Å². The molecule has 1 amide bonds. The molecule has 1 aromatic heterocycles. The number of amides is 1. The molecule has 23 heavy (non-hydrogen) atoms. The number of rotatable bonds is 4. The third kappa shape index (κ3) is 3.99. The Labute approximate surface area is 144 Å². The van der Waals surface area contributed by atoms with Gasteiger partial charge in [0.05, 0.1) is 11.4 Å². The van der Waals surface area contributed by atoms with Crippen LogP contribution in [0.5, 0.6) is 0 Å². The molecule has 0 aliphatic carbocycles. The van der Waals surface area contributed by atoms with Crippen molar-refractivity contribution in [1.29, 1.82) is 0 Å². The topological polar surface area (TPSA) is 40.6 Å². The quantitative estimate of drug-likeness (QED) is 0.797. The molecule has 0 N–H and O–H groups in total. The highest BCUT2D eigenvalue weighted by Gasteiger charge is 2.23. The summed E-state index contributed by atoms with van der Waals surface area (Å²) in [5.41, 5.74) is 0.612. The lowest BCUT2D eigenvalue weighted by Crippen LogP contribution is -2.49. The molecule has 1 aromatic carbocycles. The van der Waals surface area contributed by atoms with Gasteiger partial charge in [0.15, 0.2) is 5.78 Å². The first-order valence-corrected chi connectivity index (χ1v) is 8.73. The third-order valence-electron chi connectivity index (χ3n) is 3.89. The van der Waals surface area contributed by atoms with Crippen LogP contribution >= 0.6 is 22.9 Å². The molecular weight excluding hydrogens is 332 g/mol. The van der Waals surface area contributed by atoms with Gasteiger partial charge < -0.3 is 4.90 Å². The number of ketones is 1. The number of carbonyl (C=O) groups excluding carboxylic acids is 2. The Kier molecular flexibility index (Phi) is 5.10. The number of halogens is 1. The predicted molar refractivity (Wildman–Crippen MR) is 92.4 cm³/mol. The van der Waals surface area contributed by atoms with Crippen LogP contribution in [0.1, 0.15) is 20.0 Å². The first-order chi connectivity index (χ1) is 11.1.